The first kappa shape index (κ1) is 18.7. The van der Waals surface area contributed by atoms with E-state index >= 15 is 0 Å². The summed E-state index contributed by atoms with van der Waals surface area (Å²) in [7, 11) is -3.49. The first-order valence-corrected chi connectivity index (χ1v) is 9.35. The molecular formula is C17H21ClN2O3S. The molecule has 0 saturated heterocycles. The zero-order valence-electron chi connectivity index (χ0n) is 13.8. The molecule has 0 aliphatic rings. The molecule has 5 nitrogen and oxygen atoms in total. The van der Waals surface area contributed by atoms with Gasteiger partial charge in [0.1, 0.15) is 0 Å². The number of sulfone groups is 1. The van der Waals surface area contributed by atoms with Gasteiger partial charge in [0, 0.05) is 5.02 Å². The summed E-state index contributed by atoms with van der Waals surface area (Å²) in [5.41, 5.74) is 1.49. The highest BCUT2D eigenvalue weighted by Crippen LogP contribution is 2.25. The quantitative estimate of drug-likeness (QED) is 0.844. The number of aliphatic hydroxyl groups is 1. The van der Waals surface area contributed by atoms with E-state index < -0.39 is 14.6 Å². The van der Waals surface area contributed by atoms with Gasteiger partial charge in [0.15, 0.2) is 14.9 Å². The zero-order valence-corrected chi connectivity index (χ0v) is 15.4. The van der Waals surface area contributed by atoms with Crippen molar-refractivity contribution >= 4 is 27.1 Å². The summed E-state index contributed by atoms with van der Waals surface area (Å²) in [4.78, 5) is 4.06. The Morgan fingerprint density at radius 3 is 2.25 bits per heavy atom. The third-order valence-electron chi connectivity index (χ3n) is 3.61. The van der Waals surface area contributed by atoms with E-state index in [0.717, 1.165) is 5.56 Å². The number of hydrogen-bond donors (Lipinski definition) is 2. The average molecular weight is 369 g/mol. The van der Waals surface area contributed by atoms with E-state index in [9.17, 15) is 13.5 Å². The van der Waals surface area contributed by atoms with Gasteiger partial charge in [0.05, 0.1) is 29.3 Å². The molecule has 1 atom stereocenters. The molecular weight excluding hydrogens is 348 g/mol. The lowest BCUT2D eigenvalue weighted by molar-refractivity contribution is 0.276. The van der Waals surface area contributed by atoms with E-state index in [1.165, 1.54) is 12.3 Å². The maximum atomic E-state index is 12.4. The first-order valence-electron chi connectivity index (χ1n) is 7.48. The topological polar surface area (TPSA) is 79.3 Å². The van der Waals surface area contributed by atoms with Crippen molar-refractivity contribution in [1.82, 2.24) is 4.98 Å². The van der Waals surface area contributed by atoms with E-state index in [1.807, 2.05) is 12.1 Å². The van der Waals surface area contributed by atoms with Crippen molar-refractivity contribution in [2.24, 2.45) is 0 Å². The van der Waals surface area contributed by atoms with Crippen LogP contribution in [0.15, 0.2) is 47.6 Å². The number of hydrogen-bond acceptors (Lipinski definition) is 5. The Bertz CT molecular complexity index is 782. The normalized spacial score (nSPS) is 13.5. The van der Waals surface area contributed by atoms with Gasteiger partial charge in [-0.3, -0.25) is 0 Å². The van der Waals surface area contributed by atoms with Crippen molar-refractivity contribution in [1.29, 1.82) is 0 Å². The fraction of sp³-hybridized carbons (Fsp3) is 0.353. The fourth-order valence-electron chi connectivity index (χ4n) is 2.07. The highest BCUT2D eigenvalue weighted by molar-refractivity contribution is 7.92. The van der Waals surface area contributed by atoms with E-state index in [2.05, 4.69) is 10.3 Å². The van der Waals surface area contributed by atoms with Crippen LogP contribution in [0, 0.1) is 0 Å². The van der Waals surface area contributed by atoms with E-state index in [0.29, 0.717) is 10.7 Å². The lowest BCUT2D eigenvalue weighted by Gasteiger charge is -2.20. The minimum atomic E-state index is -3.49. The number of aromatic nitrogens is 1. The van der Waals surface area contributed by atoms with Crippen molar-refractivity contribution in [3.8, 4) is 0 Å². The SMILES string of the molecule is CC(C)(C)S(=O)(=O)c1ccc(NC(CO)c2ccc(Cl)cc2)cn1. The van der Waals surface area contributed by atoms with Crippen LogP contribution in [0.4, 0.5) is 5.69 Å². The molecule has 24 heavy (non-hydrogen) atoms. The number of nitrogens with one attached hydrogen (secondary N) is 1. The number of halogens is 1. The number of pyridine rings is 1. The monoisotopic (exact) mass is 368 g/mol. The molecule has 0 aliphatic carbocycles. The molecule has 7 heteroatoms. The van der Waals surface area contributed by atoms with Crippen LogP contribution in [-0.4, -0.2) is 29.9 Å². The standard InChI is InChI=1S/C17H21ClN2O3S/c1-17(2,3)24(22,23)16-9-8-14(10-19-16)20-15(11-21)12-4-6-13(18)7-5-12/h4-10,15,20-21H,11H2,1-3H3. The van der Waals surface area contributed by atoms with Crippen LogP contribution in [0.1, 0.15) is 32.4 Å². The summed E-state index contributed by atoms with van der Waals surface area (Å²) in [5.74, 6) is 0. The van der Waals surface area contributed by atoms with Gasteiger partial charge >= 0.3 is 0 Å². The van der Waals surface area contributed by atoms with Gasteiger partial charge in [0.2, 0.25) is 0 Å². The maximum Gasteiger partial charge on any atom is 0.200 e. The lowest BCUT2D eigenvalue weighted by atomic mass is 10.1. The average Bonchev–Trinajstić information content (AvgIpc) is 2.53. The van der Waals surface area contributed by atoms with Gasteiger partial charge < -0.3 is 10.4 Å². The smallest absolute Gasteiger partial charge is 0.200 e. The van der Waals surface area contributed by atoms with Crippen LogP contribution in [0.3, 0.4) is 0 Å². The maximum absolute atomic E-state index is 12.4. The molecule has 1 unspecified atom stereocenters. The summed E-state index contributed by atoms with van der Waals surface area (Å²) < 4.78 is 23.8. The lowest BCUT2D eigenvalue weighted by Crippen LogP contribution is -2.28. The molecule has 1 heterocycles. The molecule has 0 radical (unpaired) electrons. The number of rotatable bonds is 5. The molecule has 2 aromatic rings. The molecule has 2 rings (SSSR count). The molecule has 2 N–H and O–H groups in total. The van der Waals surface area contributed by atoms with Crippen molar-refractivity contribution in [2.75, 3.05) is 11.9 Å². The van der Waals surface area contributed by atoms with E-state index in [-0.39, 0.29) is 17.7 Å². The van der Waals surface area contributed by atoms with E-state index in [4.69, 9.17) is 11.6 Å². The van der Waals surface area contributed by atoms with Crippen molar-refractivity contribution < 1.29 is 13.5 Å². The van der Waals surface area contributed by atoms with Crippen molar-refractivity contribution in [2.45, 2.75) is 36.6 Å². The highest BCUT2D eigenvalue weighted by Gasteiger charge is 2.31. The summed E-state index contributed by atoms with van der Waals surface area (Å²) in [6, 6.07) is 9.92. The van der Waals surface area contributed by atoms with Crippen LogP contribution >= 0.6 is 11.6 Å². The molecule has 0 aliphatic heterocycles. The summed E-state index contributed by atoms with van der Waals surface area (Å²) in [6.45, 7) is 4.79. The number of nitrogens with zero attached hydrogens (tertiary/aromatic N) is 1. The van der Waals surface area contributed by atoms with Gasteiger partial charge in [-0.15, -0.1) is 0 Å². The minimum Gasteiger partial charge on any atom is -0.394 e. The molecule has 1 aromatic carbocycles. The van der Waals surface area contributed by atoms with Crippen LogP contribution in [0.25, 0.3) is 0 Å². The van der Waals surface area contributed by atoms with Gasteiger partial charge in [0.25, 0.3) is 0 Å². The Balaban J connectivity index is 2.20. The largest absolute Gasteiger partial charge is 0.394 e. The highest BCUT2D eigenvalue weighted by atomic mass is 35.5. The zero-order chi connectivity index (χ0) is 18.0. The molecule has 130 valence electrons. The summed E-state index contributed by atoms with van der Waals surface area (Å²) >= 11 is 5.87. The Morgan fingerprint density at radius 2 is 1.79 bits per heavy atom. The second-order valence-electron chi connectivity index (χ2n) is 6.43. The van der Waals surface area contributed by atoms with Gasteiger partial charge in [-0.25, -0.2) is 13.4 Å². The van der Waals surface area contributed by atoms with Gasteiger partial charge in [-0.2, -0.15) is 0 Å². The summed E-state index contributed by atoms with van der Waals surface area (Å²) in [6.07, 6.45) is 1.46. The van der Waals surface area contributed by atoms with Crippen LogP contribution < -0.4 is 5.32 Å². The van der Waals surface area contributed by atoms with Crippen molar-refractivity contribution in [3.63, 3.8) is 0 Å². The number of anilines is 1. The third-order valence-corrected chi connectivity index (χ3v) is 6.27. The molecule has 0 saturated carbocycles. The molecule has 0 amide bonds. The Labute approximate surface area is 147 Å². The van der Waals surface area contributed by atoms with Crippen LogP contribution in [0.2, 0.25) is 5.02 Å². The third kappa shape index (κ3) is 4.06. The fourth-order valence-corrected chi connectivity index (χ4v) is 3.26. The van der Waals surface area contributed by atoms with Crippen LogP contribution in [0.5, 0.6) is 0 Å². The number of benzene rings is 1. The van der Waals surface area contributed by atoms with Crippen LogP contribution in [-0.2, 0) is 9.84 Å². The Kier molecular flexibility index (Phi) is 5.52. The Morgan fingerprint density at radius 1 is 1.17 bits per heavy atom. The first-order chi connectivity index (χ1) is 11.1. The molecule has 0 spiro atoms. The second-order valence-corrected chi connectivity index (χ2v) is 9.52. The molecule has 0 bridgehead atoms. The van der Waals surface area contributed by atoms with Gasteiger partial charge in [-0.05, 0) is 50.6 Å². The Hall–Kier alpha value is -1.63. The second kappa shape index (κ2) is 7.09. The summed E-state index contributed by atoms with van der Waals surface area (Å²) in [5, 5.41) is 13.4. The predicted molar refractivity (Wildman–Crippen MR) is 96.1 cm³/mol. The molecule has 0 fully saturated rings. The van der Waals surface area contributed by atoms with Gasteiger partial charge in [-0.1, -0.05) is 23.7 Å². The predicted octanol–water partition coefficient (Wildman–Crippen LogP) is 3.45. The van der Waals surface area contributed by atoms with Crippen molar-refractivity contribution in [3.05, 3.63) is 53.2 Å². The van der Waals surface area contributed by atoms with E-state index in [1.54, 1.807) is 39.0 Å². The minimum absolute atomic E-state index is 0.0348. The molecule has 1 aromatic heterocycles. The number of aliphatic hydroxyl groups excluding tert-OH is 1.